The van der Waals surface area contributed by atoms with Gasteiger partial charge in [-0.3, -0.25) is 9.97 Å². The maximum atomic E-state index is 7.00. The van der Waals surface area contributed by atoms with Crippen LogP contribution in [0, 0.1) is 24.2 Å². The van der Waals surface area contributed by atoms with E-state index in [1.807, 2.05) is 43.4 Å². The fourth-order valence-electron chi connectivity index (χ4n) is 5.00. The van der Waals surface area contributed by atoms with Crippen LogP contribution >= 0.6 is 23.2 Å². The molecule has 4 aromatic rings. The number of nitrogens with one attached hydrogen (secondary N) is 2. The summed E-state index contributed by atoms with van der Waals surface area (Å²) in [4.78, 5) is 18.6. The molecule has 2 N–H and O–H groups in total. The Morgan fingerprint density at radius 1 is 0.833 bits per heavy atom. The maximum absolute atomic E-state index is 7.00. The van der Waals surface area contributed by atoms with Crippen molar-refractivity contribution in [3.8, 4) is 57.7 Å². The molecule has 5 rings (SSSR count). The van der Waals surface area contributed by atoms with E-state index in [2.05, 4.69) is 31.5 Å². The van der Waals surface area contributed by atoms with Crippen LogP contribution in [0.25, 0.3) is 33.6 Å². The van der Waals surface area contributed by atoms with Gasteiger partial charge in [-0.25, -0.2) is 9.97 Å². The topological polar surface area (TPSA) is 94.1 Å². The van der Waals surface area contributed by atoms with E-state index in [9.17, 15) is 0 Å². The number of nitrogens with zero attached hydrogens (tertiary/aromatic N) is 4. The second-order valence-electron chi connectivity index (χ2n) is 10.1. The summed E-state index contributed by atoms with van der Waals surface area (Å²) in [7, 11) is 5.00. The third-order valence-electron chi connectivity index (χ3n) is 7.34. The molecular weight excluding hydrogens is 571 g/mol. The van der Waals surface area contributed by atoms with Gasteiger partial charge in [-0.05, 0) is 31.8 Å². The lowest BCUT2D eigenvalue weighted by Gasteiger charge is -2.15. The molecule has 1 fully saturated rings. The van der Waals surface area contributed by atoms with Crippen molar-refractivity contribution < 1.29 is 9.47 Å². The molecule has 2 aromatic heterocycles. The van der Waals surface area contributed by atoms with Gasteiger partial charge in [-0.1, -0.05) is 59.6 Å². The number of hydrogen-bond donors (Lipinski definition) is 2. The highest BCUT2D eigenvalue weighted by Crippen LogP contribution is 2.42. The zero-order valence-electron chi connectivity index (χ0n) is 23.7. The van der Waals surface area contributed by atoms with Gasteiger partial charge in [0.05, 0.1) is 48.0 Å². The summed E-state index contributed by atoms with van der Waals surface area (Å²) < 4.78 is 11.1. The Labute approximate surface area is 256 Å². The first-order valence-corrected chi connectivity index (χ1v) is 14.4. The number of rotatable bonds is 12. The highest BCUT2D eigenvalue weighted by molar-refractivity contribution is 6.39. The number of methoxy groups -OCH3 is 2. The zero-order valence-corrected chi connectivity index (χ0v) is 25.3. The summed E-state index contributed by atoms with van der Waals surface area (Å²) >= 11 is 14.0. The Hall–Kier alpha value is -3.74. The van der Waals surface area contributed by atoms with Gasteiger partial charge in [0.15, 0.2) is 0 Å². The second kappa shape index (κ2) is 13.5. The third kappa shape index (κ3) is 6.35. The molecule has 0 radical (unpaired) electrons. The zero-order chi connectivity index (χ0) is 29.6. The van der Waals surface area contributed by atoms with Crippen LogP contribution in [0.2, 0.25) is 10.0 Å². The molecule has 10 heteroatoms. The Morgan fingerprint density at radius 2 is 1.36 bits per heavy atom. The average Bonchev–Trinajstić information content (AvgIpc) is 3.76. The molecule has 2 atom stereocenters. The molecule has 42 heavy (non-hydrogen) atoms. The van der Waals surface area contributed by atoms with Crippen molar-refractivity contribution in [2.45, 2.75) is 25.9 Å². The lowest BCUT2D eigenvalue weighted by Crippen LogP contribution is -2.18. The van der Waals surface area contributed by atoms with Crippen LogP contribution in [0.3, 0.4) is 0 Å². The van der Waals surface area contributed by atoms with Crippen molar-refractivity contribution in [2.75, 3.05) is 27.8 Å². The minimum atomic E-state index is 0.440. The average molecular weight is 604 g/mol. The smallest absolute Gasteiger partial charge is 0.237 e. The SMILES string of the molecule is C#CCC1CC1CNCc1ncc(-c2cccc(-c3cccc(-c4cnc(CNC)c(OC)n4)c3Cl)c2Cl)nc1OC. The number of benzene rings is 2. The van der Waals surface area contributed by atoms with E-state index in [-0.39, 0.29) is 0 Å². The number of ether oxygens (including phenoxy) is 2. The quantitative estimate of drug-likeness (QED) is 0.189. The normalized spacial score (nSPS) is 15.7. The molecule has 0 bridgehead atoms. The number of aromatic nitrogens is 4. The molecule has 0 saturated heterocycles. The molecule has 1 saturated carbocycles. The van der Waals surface area contributed by atoms with Crippen LogP contribution in [-0.2, 0) is 13.1 Å². The Bertz CT molecular complexity index is 1620. The monoisotopic (exact) mass is 602 g/mol. The van der Waals surface area contributed by atoms with Crippen LogP contribution in [0.15, 0.2) is 48.8 Å². The van der Waals surface area contributed by atoms with Crippen LogP contribution in [-0.4, -0.2) is 47.7 Å². The molecule has 8 nitrogen and oxygen atoms in total. The minimum Gasteiger partial charge on any atom is -0.480 e. The van der Waals surface area contributed by atoms with Crippen molar-refractivity contribution in [3.05, 3.63) is 70.2 Å². The standard InChI is InChI=1S/C32H32Cl2N6O2/c1-5-8-19-13-20(19)14-36-16-28-32(42-4)40-26(18-38-28)24-12-7-10-22(30(24)34)21-9-6-11-23(29(21)33)25-17-37-27(15-35-2)31(39-25)41-3/h1,6-7,9-12,17-20,35-36H,8,13-16H2,2-4H3. The molecule has 1 aliphatic rings. The molecule has 2 heterocycles. The van der Waals surface area contributed by atoms with Crippen molar-refractivity contribution in [1.82, 2.24) is 30.6 Å². The first kappa shape index (κ1) is 29.7. The molecule has 0 spiro atoms. The fourth-order valence-corrected chi connectivity index (χ4v) is 5.65. The predicted octanol–water partition coefficient (Wildman–Crippen LogP) is 6.06. The molecule has 1 aliphatic carbocycles. The Balaban J connectivity index is 1.41. The van der Waals surface area contributed by atoms with Crippen molar-refractivity contribution >= 4 is 23.2 Å². The van der Waals surface area contributed by atoms with Gasteiger partial charge in [0.25, 0.3) is 0 Å². The first-order chi connectivity index (χ1) is 20.5. The molecule has 2 unspecified atom stereocenters. The van der Waals surface area contributed by atoms with Crippen LogP contribution in [0.1, 0.15) is 24.2 Å². The predicted molar refractivity (Wildman–Crippen MR) is 167 cm³/mol. The molecule has 0 aliphatic heterocycles. The van der Waals surface area contributed by atoms with Crippen LogP contribution < -0.4 is 20.1 Å². The molecule has 216 valence electrons. The number of hydrogen-bond acceptors (Lipinski definition) is 8. The molecule has 2 aromatic carbocycles. The highest BCUT2D eigenvalue weighted by Gasteiger charge is 2.35. The third-order valence-corrected chi connectivity index (χ3v) is 8.16. The van der Waals surface area contributed by atoms with Gasteiger partial charge in [0.2, 0.25) is 11.8 Å². The van der Waals surface area contributed by atoms with Gasteiger partial charge in [-0.15, -0.1) is 12.3 Å². The van der Waals surface area contributed by atoms with Crippen molar-refractivity contribution in [3.63, 3.8) is 0 Å². The minimum absolute atomic E-state index is 0.440. The van der Waals surface area contributed by atoms with E-state index in [1.54, 1.807) is 26.6 Å². The van der Waals surface area contributed by atoms with E-state index in [0.717, 1.165) is 29.8 Å². The summed E-state index contributed by atoms with van der Waals surface area (Å²) in [5, 5.41) is 7.52. The van der Waals surface area contributed by atoms with Gasteiger partial charge in [-0.2, -0.15) is 0 Å². The summed E-state index contributed by atoms with van der Waals surface area (Å²) in [5.74, 6) is 4.89. The molecular formula is C32H32Cl2N6O2. The highest BCUT2D eigenvalue weighted by atomic mass is 35.5. The number of halogens is 2. The van der Waals surface area contributed by atoms with Gasteiger partial charge in [0, 0.05) is 41.8 Å². The summed E-state index contributed by atoms with van der Waals surface area (Å²) in [5.41, 5.74) is 5.58. The van der Waals surface area contributed by atoms with E-state index in [0.29, 0.717) is 74.9 Å². The van der Waals surface area contributed by atoms with Gasteiger partial charge >= 0.3 is 0 Å². The maximum Gasteiger partial charge on any atom is 0.237 e. The van der Waals surface area contributed by atoms with Crippen molar-refractivity contribution in [2.24, 2.45) is 11.8 Å². The van der Waals surface area contributed by atoms with E-state index in [4.69, 9.17) is 44.1 Å². The lowest BCUT2D eigenvalue weighted by molar-refractivity contribution is 0.387. The number of terminal acetylenes is 1. The summed E-state index contributed by atoms with van der Waals surface area (Å²) in [6, 6.07) is 11.5. The van der Waals surface area contributed by atoms with E-state index < -0.39 is 0 Å². The van der Waals surface area contributed by atoms with Gasteiger partial charge < -0.3 is 20.1 Å². The van der Waals surface area contributed by atoms with Gasteiger partial charge in [0.1, 0.15) is 11.4 Å². The van der Waals surface area contributed by atoms with E-state index in [1.165, 1.54) is 6.42 Å². The van der Waals surface area contributed by atoms with Crippen LogP contribution in [0.5, 0.6) is 11.8 Å². The summed E-state index contributed by atoms with van der Waals surface area (Å²) in [6.07, 6.45) is 10.9. The Morgan fingerprint density at radius 3 is 1.86 bits per heavy atom. The Kier molecular flexibility index (Phi) is 9.55. The summed E-state index contributed by atoms with van der Waals surface area (Å²) in [6.45, 7) is 1.98. The fraction of sp³-hybridized carbons (Fsp3) is 0.312. The largest absolute Gasteiger partial charge is 0.480 e. The molecule has 0 amide bonds. The lowest BCUT2D eigenvalue weighted by atomic mass is 9.98. The first-order valence-electron chi connectivity index (χ1n) is 13.7. The van der Waals surface area contributed by atoms with Crippen molar-refractivity contribution in [1.29, 1.82) is 0 Å². The second-order valence-corrected chi connectivity index (χ2v) is 10.8. The van der Waals surface area contributed by atoms with E-state index >= 15 is 0 Å². The van der Waals surface area contributed by atoms with Crippen LogP contribution in [0.4, 0.5) is 0 Å².